The monoisotopic (exact) mass is 471 g/mol. The average Bonchev–Trinajstić information content (AvgIpc) is 2.73. The first kappa shape index (κ1) is 27.4. The molecule has 0 bridgehead atoms. The molecule has 7 heteroatoms. The molecule has 1 aliphatic rings. The maximum atomic E-state index is 13.7. The largest absolute Gasteiger partial charge is 0.444 e. The van der Waals surface area contributed by atoms with Crippen LogP contribution in [0.5, 0.6) is 0 Å². The molecule has 2 atom stereocenters. The van der Waals surface area contributed by atoms with Crippen LogP contribution in [0.25, 0.3) is 6.08 Å². The predicted molar refractivity (Wildman–Crippen MR) is 135 cm³/mol. The smallest absolute Gasteiger partial charge is 0.408 e. The molecule has 0 radical (unpaired) electrons. The van der Waals surface area contributed by atoms with Crippen molar-refractivity contribution in [2.75, 3.05) is 6.54 Å². The minimum Gasteiger partial charge on any atom is -0.444 e. The molecule has 0 aromatic heterocycles. The highest BCUT2D eigenvalue weighted by Gasteiger charge is 2.40. The van der Waals surface area contributed by atoms with Crippen molar-refractivity contribution in [2.24, 2.45) is 0 Å². The Kier molecular flexibility index (Phi) is 10.1. The van der Waals surface area contributed by atoms with Crippen LogP contribution in [0.3, 0.4) is 0 Å². The number of hydrogen-bond acceptors (Lipinski definition) is 4. The van der Waals surface area contributed by atoms with E-state index in [9.17, 15) is 14.4 Å². The predicted octanol–water partition coefficient (Wildman–Crippen LogP) is 4.97. The van der Waals surface area contributed by atoms with Crippen molar-refractivity contribution in [3.63, 3.8) is 0 Å². The van der Waals surface area contributed by atoms with Gasteiger partial charge in [-0.3, -0.25) is 9.59 Å². The van der Waals surface area contributed by atoms with Crippen LogP contribution in [0.1, 0.15) is 90.3 Å². The second kappa shape index (κ2) is 12.6. The molecule has 188 valence electrons. The van der Waals surface area contributed by atoms with Crippen LogP contribution in [0.15, 0.2) is 30.8 Å². The summed E-state index contributed by atoms with van der Waals surface area (Å²) in [4.78, 5) is 41.2. The van der Waals surface area contributed by atoms with E-state index in [-0.39, 0.29) is 17.9 Å². The summed E-state index contributed by atoms with van der Waals surface area (Å²) in [6, 6.07) is 5.86. The van der Waals surface area contributed by atoms with E-state index in [0.717, 1.165) is 49.7 Å². The fourth-order valence-electron chi connectivity index (χ4n) is 3.93. The Balaban J connectivity index is 2.34. The van der Waals surface area contributed by atoms with Crippen molar-refractivity contribution >= 4 is 24.0 Å². The lowest BCUT2D eigenvalue weighted by Gasteiger charge is -2.43. The summed E-state index contributed by atoms with van der Waals surface area (Å²) in [5, 5.41) is 5.68. The zero-order valence-electron chi connectivity index (χ0n) is 21.4. The number of ether oxygens (including phenoxy) is 1. The molecule has 0 spiro atoms. The van der Waals surface area contributed by atoms with Gasteiger partial charge in [0.05, 0.1) is 0 Å². The molecule has 1 aromatic rings. The fraction of sp³-hybridized carbons (Fsp3) is 0.593. The molecule has 1 aliphatic carbocycles. The third-order valence-corrected chi connectivity index (χ3v) is 5.89. The number of nitrogens with one attached hydrogen (secondary N) is 2. The third-order valence-electron chi connectivity index (χ3n) is 5.89. The molecule has 34 heavy (non-hydrogen) atoms. The standard InChI is InChI=1S/C27H41N3O4/c1-7-9-10-17-28-24(31)23(21-14-11-13-20(8-2)18-21)30(22-15-12-16-22)25(32)19(3)29-26(33)34-27(4,5)6/h8,11,13-14,18-19,22-23H,2,7,9-10,12,15-17H2,1,3-6H3,(H,28,31)(H,29,33). The maximum Gasteiger partial charge on any atom is 0.408 e. The van der Waals surface area contributed by atoms with E-state index in [1.165, 1.54) is 0 Å². The molecule has 0 saturated heterocycles. The quantitative estimate of drug-likeness (QED) is 0.446. The number of carbonyl (C=O) groups excluding carboxylic acids is 3. The van der Waals surface area contributed by atoms with Gasteiger partial charge in [0.25, 0.3) is 0 Å². The highest BCUT2D eigenvalue weighted by molar-refractivity contribution is 5.92. The topological polar surface area (TPSA) is 87.7 Å². The van der Waals surface area contributed by atoms with Crippen LogP contribution in [0, 0.1) is 0 Å². The zero-order chi connectivity index (χ0) is 25.3. The van der Waals surface area contributed by atoms with Crippen LogP contribution < -0.4 is 10.6 Å². The molecular formula is C27H41N3O4. The van der Waals surface area contributed by atoms with Crippen LogP contribution in [0.4, 0.5) is 4.79 Å². The minimum absolute atomic E-state index is 0.0610. The first-order valence-electron chi connectivity index (χ1n) is 12.4. The van der Waals surface area contributed by atoms with E-state index in [4.69, 9.17) is 4.74 Å². The second-order valence-corrected chi connectivity index (χ2v) is 9.97. The summed E-state index contributed by atoms with van der Waals surface area (Å²) in [6.07, 6.45) is 6.69. The summed E-state index contributed by atoms with van der Waals surface area (Å²) in [7, 11) is 0. The number of rotatable bonds is 11. The van der Waals surface area contributed by atoms with Gasteiger partial charge >= 0.3 is 6.09 Å². The Bertz CT molecular complexity index is 858. The van der Waals surface area contributed by atoms with Crippen molar-refractivity contribution < 1.29 is 19.1 Å². The fourth-order valence-corrected chi connectivity index (χ4v) is 3.93. The van der Waals surface area contributed by atoms with Gasteiger partial charge in [-0.25, -0.2) is 4.79 Å². The van der Waals surface area contributed by atoms with Crippen molar-refractivity contribution in [3.05, 3.63) is 42.0 Å². The molecule has 1 fully saturated rings. The average molecular weight is 472 g/mol. The zero-order valence-corrected chi connectivity index (χ0v) is 21.4. The molecule has 1 saturated carbocycles. The van der Waals surface area contributed by atoms with Crippen molar-refractivity contribution in [1.29, 1.82) is 0 Å². The number of benzene rings is 1. The minimum atomic E-state index is -0.839. The van der Waals surface area contributed by atoms with Gasteiger partial charge in [0.2, 0.25) is 11.8 Å². The van der Waals surface area contributed by atoms with Gasteiger partial charge in [-0.2, -0.15) is 0 Å². The molecule has 1 aromatic carbocycles. The second-order valence-electron chi connectivity index (χ2n) is 9.97. The lowest BCUT2D eigenvalue weighted by Crippen LogP contribution is -2.56. The lowest BCUT2D eigenvalue weighted by atomic mass is 9.88. The van der Waals surface area contributed by atoms with E-state index in [1.807, 2.05) is 24.3 Å². The van der Waals surface area contributed by atoms with Crippen molar-refractivity contribution in [1.82, 2.24) is 15.5 Å². The van der Waals surface area contributed by atoms with E-state index < -0.39 is 23.8 Å². The lowest BCUT2D eigenvalue weighted by molar-refractivity contribution is -0.147. The van der Waals surface area contributed by atoms with Gasteiger partial charge in [0, 0.05) is 12.6 Å². The van der Waals surface area contributed by atoms with E-state index in [2.05, 4.69) is 24.1 Å². The van der Waals surface area contributed by atoms with Gasteiger partial charge in [0.15, 0.2) is 0 Å². The number of unbranched alkanes of at least 4 members (excludes halogenated alkanes) is 2. The molecule has 2 rings (SSSR count). The molecular weight excluding hydrogens is 430 g/mol. The summed E-state index contributed by atoms with van der Waals surface area (Å²) in [5.41, 5.74) is 0.935. The SMILES string of the molecule is C=Cc1cccc(C(C(=O)NCCCCC)N(C(=O)C(C)NC(=O)OC(C)(C)C)C2CCC2)c1. The van der Waals surface area contributed by atoms with E-state index >= 15 is 0 Å². The highest BCUT2D eigenvalue weighted by Crippen LogP contribution is 2.34. The molecule has 3 amide bonds. The maximum absolute atomic E-state index is 13.7. The van der Waals surface area contributed by atoms with E-state index in [0.29, 0.717) is 6.54 Å². The van der Waals surface area contributed by atoms with Gasteiger partial charge in [-0.15, -0.1) is 0 Å². The van der Waals surface area contributed by atoms with Crippen LogP contribution >= 0.6 is 0 Å². The molecule has 0 heterocycles. The van der Waals surface area contributed by atoms with Crippen molar-refractivity contribution in [3.8, 4) is 0 Å². The number of hydrogen-bond donors (Lipinski definition) is 2. The number of nitrogens with zero attached hydrogens (tertiary/aromatic N) is 1. The third kappa shape index (κ3) is 7.89. The number of amides is 3. The van der Waals surface area contributed by atoms with E-state index in [1.54, 1.807) is 38.7 Å². The van der Waals surface area contributed by atoms with Crippen LogP contribution in [0.2, 0.25) is 0 Å². The summed E-state index contributed by atoms with van der Waals surface area (Å²) >= 11 is 0. The first-order chi connectivity index (χ1) is 16.1. The molecule has 2 unspecified atom stereocenters. The summed E-state index contributed by atoms with van der Waals surface area (Å²) in [5.74, 6) is -0.504. The Hall–Kier alpha value is -2.83. The number of alkyl carbamates (subject to hydrolysis) is 1. The summed E-state index contributed by atoms with van der Waals surface area (Å²) in [6.45, 7) is 13.4. The van der Waals surface area contributed by atoms with Gasteiger partial charge in [-0.05, 0) is 70.6 Å². The summed E-state index contributed by atoms with van der Waals surface area (Å²) < 4.78 is 5.33. The normalized spacial score (nSPS) is 15.4. The Morgan fingerprint density at radius 1 is 1.24 bits per heavy atom. The van der Waals surface area contributed by atoms with Gasteiger partial charge < -0.3 is 20.3 Å². The highest BCUT2D eigenvalue weighted by atomic mass is 16.6. The van der Waals surface area contributed by atoms with Crippen molar-refractivity contribution in [2.45, 2.75) is 96.9 Å². The first-order valence-corrected chi connectivity index (χ1v) is 12.4. The van der Waals surface area contributed by atoms with Gasteiger partial charge in [0.1, 0.15) is 17.7 Å². The Morgan fingerprint density at radius 3 is 2.50 bits per heavy atom. The number of carbonyl (C=O) groups is 3. The molecule has 7 nitrogen and oxygen atoms in total. The Morgan fingerprint density at radius 2 is 1.94 bits per heavy atom. The van der Waals surface area contributed by atoms with Crippen LogP contribution in [-0.2, 0) is 14.3 Å². The molecule has 2 N–H and O–H groups in total. The van der Waals surface area contributed by atoms with Crippen LogP contribution in [-0.4, -0.2) is 47.0 Å². The Labute approximate surface area is 204 Å². The molecule has 0 aliphatic heterocycles. The van der Waals surface area contributed by atoms with Gasteiger partial charge in [-0.1, -0.05) is 50.6 Å².